The number of hydrogen-bond acceptors (Lipinski definition) is 5. The van der Waals surface area contributed by atoms with Crippen molar-refractivity contribution in [3.05, 3.63) is 46.6 Å². The number of carbonyl (C=O) groups excluding carboxylic acids is 3. The molecule has 8 heteroatoms. The van der Waals surface area contributed by atoms with Crippen LogP contribution in [0.3, 0.4) is 0 Å². The Morgan fingerprint density at radius 3 is 2.53 bits per heavy atom. The third kappa shape index (κ3) is 5.46. The van der Waals surface area contributed by atoms with E-state index in [-0.39, 0.29) is 30.6 Å². The lowest BCUT2D eigenvalue weighted by atomic mass is 10.0. The summed E-state index contributed by atoms with van der Waals surface area (Å²) >= 11 is 0. The fourth-order valence-electron chi connectivity index (χ4n) is 3.21. The molecule has 8 nitrogen and oxygen atoms in total. The van der Waals surface area contributed by atoms with Crippen molar-refractivity contribution in [2.75, 3.05) is 11.9 Å². The number of nitrogens with one attached hydrogen (secondary N) is 2. The second kappa shape index (κ2) is 8.69. The normalized spacial score (nSPS) is 13.5. The number of aromatic nitrogens is 2. The van der Waals surface area contributed by atoms with Crippen molar-refractivity contribution < 1.29 is 19.1 Å². The van der Waals surface area contributed by atoms with E-state index in [2.05, 4.69) is 15.5 Å². The molecule has 0 saturated heterocycles. The van der Waals surface area contributed by atoms with Crippen LogP contribution in [0.15, 0.2) is 24.3 Å². The maximum atomic E-state index is 12.3. The maximum absolute atomic E-state index is 12.3. The number of fused-ring (bicyclic) bond motifs is 1. The van der Waals surface area contributed by atoms with E-state index in [0.717, 1.165) is 16.8 Å². The summed E-state index contributed by atoms with van der Waals surface area (Å²) in [6, 6.07) is 7.31. The van der Waals surface area contributed by atoms with E-state index in [1.165, 1.54) is 0 Å². The fourth-order valence-corrected chi connectivity index (χ4v) is 3.21. The molecular formula is C22H28N4O4. The fraction of sp³-hybridized carbons (Fsp3) is 0.455. The van der Waals surface area contributed by atoms with Gasteiger partial charge in [-0.2, -0.15) is 5.10 Å². The minimum atomic E-state index is -0.555. The van der Waals surface area contributed by atoms with Gasteiger partial charge in [0.25, 0.3) is 0 Å². The molecule has 0 saturated carbocycles. The second-order valence-corrected chi connectivity index (χ2v) is 8.52. The molecule has 2 N–H and O–H groups in total. The van der Waals surface area contributed by atoms with Gasteiger partial charge in [0.1, 0.15) is 5.60 Å². The number of carbonyl (C=O) groups is 3. The molecule has 2 heterocycles. The van der Waals surface area contributed by atoms with Crippen molar-refractivity contribution >= 4 is 23.6 Å². The summed E-state index contributed by atoms with van der Waals surface area (Å²) in [4.78, 5) is 38.4. The number of nitrogens with zero attached hydrogens (tertiary/aromatic N) is 2. The minimum absolute atomic E-state index is 0.0674. The summed E-state index contributed by atoms with van der Waals surface area (Å²) < 4.78 is 5.41. The first-order valence-corrected chi connectivity index (χ1v) is 10.1. The third-order valence-electron chi connectivity index (χ3n) is 4.80. The molecule has 0 bridgehead atoms. The number of amides is 2. The number of Topliss-reactive ketones (excluding diaryl/α,β-unsaturated/α-hetero) is 1. The van der Waals surface area contributed by atoms with E-state index in [1.54, 1.807) is 17.0 Å². The zero-order valence-corrected chi connectivity index (χ0v) is 17.9. The van der Waals surface area contributed by atoms with Crippen molar-refractivity contribution in [2.24, 2.45) is 0 Å². The highest BCUT2D eigenvalue weighted by Gasteiger charge is 2.28. The van der Waals surface area contributed by atoms with Crippen LogP contribution < -0.4 is 5.32 Å². The van der Waals surface area contributed by atoms with Crippen LogP contribution in [0.25, 0.3) is 0 Å². The van der Waals surface area contributed by atoms with E-state index in [0.29, 0.717) is 30.9 Å². The molecule has 0 atom stereocenters. The molecule has 30 heavy (non-hydrogen) atoms. The van der Waals surface area contributed by atoms with Gasteiger partial charge in [-0.05, 0) is 34.1 Å². The zero-order chi connectivity index (χ0) is 21.9. The first kappa shape index (κ1) is 21.5. The molecular weight excluding hydrogens is 384 g/mol. The average Bonchev–Trinajstić information content (AvgIpc) is 3.07. The molecule has 1 aliphatic rings. The number of benzene rings is 1. The quantitative estimate of drug-likeness (QED) is 0.730. The molecule has 2 amide bonds. The molecule has 1 aromatic carbocycles. The standard InChI is InChI=1S/C22H28N4O4/c1-14-5-7-15(8-6-14)18(27)9-10-19(28)23-20-16-11-12-26(13-17(16)24-25-20)21(29)30-22(2,3)4/h5-8H,9-13H2,1-4H3,(H2,23,24,25,28). The average molecular weight is 412 g/mol. The van der Waals surface area contributed by atoms with Crippen molar-refractivity contribution in [2.45, 2.75) is 59.1 Å². The molecule has 3 rings (SSSR count). The Kier molecular flexibility index (Phi) is 6.24. The molecule has 0 aliphatic carbocycles. The molecule has 160 valence electrons. The van der Waals surface area contributed by atoms with Gasteiger partial charge in [-0.3, -0.25) is 14.7 Å². The van der Waals surface area contributed by atoms with E-state index < -0.39 is 5.60 Å². The van der Waals surface area contributed by atoms with Crippen LogP contribution in [-0.2, 0) is 22.5 Å². The maximum Gasteiger partial charge on any atom is 0.410 e. The lowest BCUT2D eigenvalue weighted by Gasteiger charge is -2.29. The van der Waals surface area contributed by atoms with Crippen LogP contribution >= 0.6 is 0 Å². The van der Waals surface area contributed by atoms with Gasteiger partial charge in [0, 0.05) is 30.5 Å². The van der Waals surface area contributed by atoms with Crippen LogP contribution in [0.1, 0.15) is 60.8 Å². The summed E-state index contributed by atoms with van der Waals surface area (Å²) in [5, 5.41) is 9.85. The predicted octanol–water partition coefficient (Wildman–Crippen LogP) is 3.61. The highest BCUT2D eigenvalue weighted by Crippen LogP contribution is 2.25. The number of ketones is 1. The Hall–Kier alpha value is -3.16. The van der Waals surface area contributed by atoms with Crippen LogP contribution in [0, 0.1) is 6.92 Å². The highest BCUT2D eigenvalue weighted by molar-refractivity contribution is 6.00. The van der Waals surface area contributed by atoms with Gasteiger partial charge >= 0.3 is 6.09 Å². The number of aromatic amines is 1. The molecule has 1 aliphatic heterocycles. The number of H-pyrrole nitrogens is 1. The van der Waals surface area contributed by atoms with Gasteiger partial charge in [0.2, 0.25) is 5.91 Å². The number of ether oxygens (including phenoxy) is 1. The Morgan fingerprint density at radius 1 is 1.17 bits per heavy atom. The summed E-state index contributed by atoms with van der Waals surface area (Å²) in [6.07, 6.45) is 0.401. The SMILES string of the molecule is Cc1ccc(C(=O)CCC(=O)Nc2n[nH]c3c2CCN(C(=O)OC(C)(C)C)C3)cc1. The van der Waals surface area contributed by atoms with Gasteiger partial charge in [-0.25, -0.2) is 4.79 Å². The second-order valence-electron chi connectivity index (χ2n) is 8.52. The molecule has 0 spiro atoms. The number of anilines is 1. The summed E-state index contributed by atoms with van der Waals surface area (Å²) in [7, 11) is 0. The Morgan fingerprint density at radius 2 is 1.87 bits per heavy atom. The van der Waals surface area contributed by atoms with Gasteiger partial charge in [0.05, 0.1) is 12.2 Å². The van der Waals surface area contributed by atoms with Crippen LogP contribution in [0.5, 0.6) is 0 Å². The summed E-state index contributed by atoms with van der Waals surface area (Å²) in [6.45, 7) is 8.27. The van der Waals surface area contributed by atoms with Gasteiger partial charge in [-0.15, -0.1) is 0 Å². The van der Waals surface area contributed by atoms with Gasteiger partial charge < -0.3 is 15.0 Å². The monoisotopic (exact) mass is 412 g/mol. The van der Waals surface area contributed by atoms with E-state index in [1.807, 2.05) is 39.8 Å². The van der Waals surface area contributed by atoms with Crippen LogP contribution in [-0.4, -0.2) is 45.0 Å². The first-order chi connectivity index (χ1) is 14.1. The molecule has 0 unspecified atom stereocenters. The van der Waals surface area contributed by atoms with Crippen molar-refractivity contribution in [1.82, 2.24) is 15.1 Å². The van der Waals surface area contributed by atoms with E-state index in [4.69, 9.17) is 4.74 Å². The Labute approximate surface area is 176 Å². The first-order valence-electron chi connectivity index (χ1n) is 10.1. The summed E-state index contributed by atoms with van der Waals surface area (Å²) in [5.74, 6) is 0.128. The van der Waals surface area contributed by atoms with E-state index in [9.17, 15) is 14.4 Å². The topological polar surface area (TPSA) is 104 Å². The number of hydrogen-bond donors (Lipinski definition) is 2. The number of rotatable bonds is 5. The molecule has 2 aromatic rings. The molecule has 0 radical (unpaired) electrons. The number of aryl methyl sites for hydroxylation is 1. The minimum Gasteiger partial charge on any atom is -0.444 e. The lowest BCUT2D eigenvalue weighted by molar-refractivity contribution is -0.116. The lowest BCUT2D eigenvalue weighted by Crippen LogP contribution is -2.39. The van der Waals surface area contributed by atoms with Gasteiger partial charge in [0.15, 0.2) is 11.6 Å². The van der Waals surface area contributed by atoms with Crippen LogP contribution in [0.4, 0.5) is 10.6 Å². The summed E-state index contributed by atoms with van der Waals surface area (Å²) in [5.41, 5.74) is 2.79. The smallest absolute Gasteiger partial charge is 0.410 e. The Bertz CT molecular complexity index is 941. The third-order valence-corrected chi connectivity index (χ3v) is 4.80. The van der Waals surface area contributed by atoms with Crippen LogP contribution in [0.2, 0.25) is 0 Å². The molecule has 1 aromatic heterocycles. The van der Waals surface area contributed by atoms with E-state index >= 15 is 0 Å². The van der Waals surface area contributed by atoms with Crippen molar-refractivity contribution in [3.63, 3.8) is 0 Å². The van der Waals surface area contributed by atoms with Crippen molar-refractivity contribution in [3.8, 4) is 0 Å². The van der Waals surface area contributed by atoms with Crippen molar-refractivity contribution in [1.29, 1.82) is 0 Å². The molecule has 0 fully saturated rings. The zero-order valence-electron chi connectivity index (χ0n) is 17.9. The van der Waals surface area contributed by atoms with Gasteiger partial charge in [-0.1, -0.05) is 29.8 Å². The highest BCUT2D eigenvalue weighted by atomic mass is 16.6. The predicted molar refractivity (Wildman–Crippen MR) is 112 cm³/mol. The Balaban J connectivity index is 1.54. The largest absolute Gasteiger partial charge is 0.444 e.